The minimum atomic E-state index is -0.699. The summed E-state index contributed by atoms with van der Waals surface area (Å²) < 4.78 is 18.2. The lowest BCUT2D eigenvalue weighted by Crippen LogP contribution is -2.41. The van der Waals surface area contributed by atoms with Crippen LogP contribution in [0.4, 0.5) is 4.39 Å². The van der Waals surface area contributed by atoms with Gasteiger partial charge in [0, 0.05) is 12.1 Å². The highest BCUT2D eigenvalue weighted by Crippen LogP contribution is 2.31. The van der Waals surface area contributed by atoms with Crippen molar-refractivity contribution >= 4 is 5.91 Å². The van der Waals surface area contributed by atoms with Crippen molar-refractivity contribution in [1.82, 2.24) is 5.32 Å². The Morgan fingerprint density at radius 3 is 2.43 bits per heavy atom. The van der Waals surface area contributed by atoms with Crippen LogP contribution in [-0.2, 0) is 16.6 Å². The summed E-state index contributed by atoms with van der Waals surface area (Å²) in [5.74, 6) is 0.380. The molecule has 23 heavy (non-hydrogen) atoms. The summed E-state index contributed by atoms with van der Waals surface area (Å²) in [6.45, 7) is 4.25. The Bertz CT molecular complexity index is 665. The van der Waals surface area contributed by atoms with Gasteiger partial charge in [0.15, 0.2) is 0 Å². The zero-order chi connectivity index (χ0) is 16.9. The summed E-state index contributed by atoms with van der Waals surface area (Å²) in [5.41, 5.74) is 1.14. The van der Waals surface area contributed by atoms with Gasteiger partial charge < -0.3 is 10.1 Å². The summed E-state index contributed by atoms with van der Waals surface area (Å²) in [6.07, 6.45) is 0.661. The fourth-order valence-electron chi connectivity index (χ4n) is 2.48. The van der Waals surface area contributed by atoms with Crippen molar-refractivity contribution in [2.75, 3.05) is 13.7 Å². The zero-order valence-corrected chi connectivity index (χ0v) is 13.7. The Balaban J connectivity index is 2.00. The second kappa shape index (κ2) is 7.27. The number of carbonyl (C=O) groups is 1. The second-order valence-electron chi connectivity index (χ2n) is 5.96. The molecule has 2 aromatic rings. The molecule has 1 amide bonds. The molecular weight excluding hydrogens is 293 g/mol. The quantitative estimate of drug-likeness (QED) is 0.886. The first-order valence-electron chi connectivity index (χ1n) is 7.61. The molecule has 2 aromatic carbocycles. The molecule has 0 aromatic heterocycles. The zero-order valence-electron chi connectivity index (χ0n) is 13.7. The van der Waals surface area contributed by atoms with Crippen LogP contribution in [0.2, 0.25) is 0 Å². The first-order chi connectivity index (χ1) is 10.9. The first-order valence-corrected chi connectivity index (χ1v) is 7.61. The van der Waals surface area contributed by atoms with E-state index in [1.54, 1.807) is 19.2 Å². The molecular formula is C19H22FNO2. The fraction of sp³-hybridized carbons (Fsp3) is 0.316. The number of hydrogen-bond donors (Lipinski definition) is 1. The van der Waals surface area contributed by atoms with E-state index >= 15 is 0 Å². The highest BCUT2D eigenvalue weighted by atomic mass is 19.1. The van der Waals surface area contributed by atoms with Crippen LogP contribution < -0.4 is 10.1 Å². The van der Waals surface area contributed by atoms with Crippen molar-refractivity contribution in [2.24, 2.45) is 0 Å². The molecule has 4 heteroatoms. The molecule has 0 spiro atoms. The van der Waals surface area contributed by atoms with Gasteiger partial charge >= 0.3 is 0 Å². The van der Waals surface area contributed by atoms with Crippen molar-refractivity contribution in [3.05, 3.63) is 65.5 Å². The Kier molecular flexibility index (Phi) is 5.37. The number of ether oxygens (including phenoxy) is 1. The average Bonchev–Trinajstić information content (AvgIpc) is 2.56. The van der Waals surface area contributed by atoms with Gasteiger partial charge in [-0.2, -0.15) is 0 Å². The summed E-state index contributed by atoms with van der Waals surface area (Å²) in [6, 6.07) is 13.8. The lowest BCUT2D eigenvalue weighted by molar-refractivity contribution is -0.125. The maximum absolute atomic E-state index is 12.9. The van der Waals surface area contributed by atoms with Gasteiger partial charge in [-0.3, -0.25) is 4.79 Å². The molecule has 0 aliphatic heterocycles. The molecule has 0 saturated carbocycles. The minimum absolute atomic E-state index is 0.0656. The Morgan fingerprint density at radius 2 is 1.78 bits per heavy atom. The van der Waals surface area contributed by atoms with Crippen molar-refractivity contribution in [3.63, 3.8) is 0 Å². The van der Waals surface area contributed by atoms with Crippen LogP contribution in [0, 0.1) is 5.82 Å². The van der Waals surface area contributed by atoms with Gasteiger partial charge in [0.2, 0.25) is 5.91 Å². The predicted octanol–water partition coefficient (Wildman–Crippen LogP) is 3.47. The average molecular weight is 315 g/mol. The van der Waals surface area contributed by atoms with E-state index in [2.05, 4.69) is 5.32 Å². The number of halogens is 1. The third kappa shape index (κ3) is 4.09. The number of benzene rings is 2. The number of nitrogens with one attached hydrogen (secondary N) is 1. The van der Waals surface area contributed by atoms with Crippen LogP contribution in [0.1, 0.15) is 25.0 Å². The molecule has 0 radical (unpaired) electrons. The molecule has 3 nitrogen and oxygen atoms in total. The van der Waals surface area contributed by atoms with E-state index in [-0.39, 0.29) is 11.7 Å². The molecule has 0 unspecified atom stereocenters. The Labute approximate surface area is 136 Å². The minimum Gasteiger partial charge on any atom is -0.496 e. The predicted molar refractivity (Wildman–Crippen MR) is 89.1 cm³/mol. The summed E-state index contributed by atoms with van der Waals surface area (Å²) in [5, 5.41) is 2.95. The third-order valence-corrected chi connectivity index (χ3v) is 3.96. The van der Waals surface area contributed by atoms with Crippen LogP contribution in [0.5, 0.6) is 5.75 Å². The number of para-hydroxylation sites is 1. The van der Waals surface area contributed by atoms with Gasteiger partial charge in [0.25, 0.3) is 0 Å². The standard InChI is InChI=1S/C19H22FNO2/c1-19(2,16-6-4-5-7-17(16)23-3)18(22)21-13-12-14-8-10-15(20)11-9-14/h4-11H,12-13H2,1-3H3,(H,21,22). The molecule has 0 bridgehead atoms. The highest BCUT2D eigenvalue weighted by molar-refractivity contribution is 5.88. The van der Waals surface area contributed by atoms with E-state index in [0.29, 0.717) is 18.7 Å². The fourth-order valence-corrected chi connectivity index (χ4v) is 2.48. The van der Waals surface area contributed by atoms with Gasteiger partial charge in [-0.05, 0) is 44.0 Å². The van der Waals surface area contributed by atoms with E-state index in [9.17, 15) is 9.18 Å². The molecule has 0 aliphatic rings. The second-order valence-corrected chi connectivity index (χ2v) is 5.96. The van der Waals surface area contributed by atoms with Gasteiger partial charge in [-0.1, -0.05) is 30.3 Å². The maximum atomic E-state index is 12.9. The molecule has 0 atom stereocenters. The van der Waals surface area contributed by atoms with Crippen LogP contribution in [0.3, 0.4) is 0 Å². The number of hydrogen-bond acceptors (Lipinski definition) is 2. The number of methoxy groups -OCH3 is 1. The third-order valence-electron chi connectivity index (χ3n) is 3.96. The Hall–Kier alpha value is -2.36. The molecule has 0 aliphatic carbocycles. The lowest BCUT2D eigenvalue weighted by atomic mass is 9.83. The van der Waals surface area contributed by atoms with E-state index in [4.69, 9.17) is 4.74 Å². The van der Waals surface area contributed by atoms with Crippen LogP contribution in [0.25, 0.3) is 0 Å². The van der Waals surface area contributed by atoms with Crippen LogP contribution in [0.15, 0.2) is 48.5 Å². The van der Waals surface area contributed by atoms with Crippen molar-refractivity contribution in [1.29, 1.82) is 0 Å². The normalized spacial score (nSPS) is 11.1. The smallest absolute Gasteiger partial charge is 0.230 e. The van der Waals surface area contributed by atoms with Crippen molar-refractivity contribution < 1.29 is 13.9 Å². The summed E-state index contributed by atoms with van der Waals surface area (Å²) >= 11 is 0. The summed E-state index contributed by atoms with van der Waals surface area (Å²) in [4.78, 5) is 12.6. The molecule has 0 saturated heterocycles. The van der Waals surface area contributed by atoms with Gasteiger partial charge in [-0.25, -0.2) is 4.39 Å². The lowest BCUT2D eigenvalue weighted by Gasteiger charge is -2.26. The molecule has 2 rings (SSSR count). The molecule has 122 valence electrons. The van der Waals surface area contributed by atoms with Gasteiger partial charge in [0.1, 0.15) is 11.6 Å². The van der Waals surface area contributed by atoms with Crippen molar-refractivity contribution in [3.8, 4) is 5.75 Å². The maximum Gasteiger partial charge on any atom is 0.230 e. The molecule has 1 N–H and O–H groups in total. The van der Waals surface area contributed by atoms with Crippen molar-refractivity contribution in [2.45, 2.75) is 25.7 Å². The summed E-state index contributed by atoms with van der Waals surface area (Å²) in [7, 11) is 1.60. The van der Waals surface area contributed by atoms with Crippen LogP contribution >= 0.6 is 0 Å². The Morgan fingerprint density at radius 1 is 1.13 bits per heavy atom. The van der Waals surface area contributed by atoms with E-state index < -0.39 is 5.41 Å². The number of carbonyl (C=O) groups excluding carboxylic acids is 1. The van der Waals surface area contributed by atoms with E-state index in [0.717, 1.165) is 11.1 Å². The SMILES string of the molecule is COc1ccccc1C(C)(C)C(=O)NCCc1ccc(F)cc1. The number of amides is 1. The van der Waals surface area contributed by atoms with Gasteiger partial charge in [0.05, 0.1) is 12.5 Å². The van der Waals surface area contributed by atoms with Gasteiger partial charge in [-0.15, -0.1) is 0 Å². The monoisotopic (exact) mass is 315 g/mol. The molecule has 0 fully saturated rings. The van der Waals surface area contributed by atoms with E-state index in [1.807, 2.05) is 38.1 Å². The first kappa shape index (κ1) is 17.0. The highest BCUT2D eigenvalue weighted by Gasteiger charge is 2.32. The topological polar surface area (TPSA) is 38.3 Å². The van der Waals surface area contributed by atoms with Crippen LogP contribution in [-0.4, -0.2) is 19.6 Å². The number of rotatable bonds is 6. The largest absolute Gasteiger partial charge is 0.496 e. The molecule has 0 heterocycles. The van der Waals surface area contributed by atoms with E-state index in [1.165, 1.54) is 12.1 Å².